The third-order valence-corrected chi connectivity index (χ3v) is 9.11. The molecule has 1 heteroatoms. The van der Waals surface area contributed by atoms with Crippen LogP contribution in [0.15, 0.2) is 0 Å². The highest BCUT2D eigenvalue weighted by atomic mass is 16.5. The van der Waals surface area contributed by atoms with Gasteiger partial charge in [0.25, 0.3) is 0 Å². The Labute approximate surface area is 192 Å². The minimum Gasteiger partial charge on any atom is -0.375 e. The van der Waals surface area contributed by atoms with Crippen molar-refractivity contribution < 1.29 is 4.74 Å². The number of rotatable bonds is 17. The fraction of sp³-hybridized carbons (Fsp3) is 1.00. The minimum absolute atomic E-state index is 0.0136. The molecular weight excluding hydrogens is 364 g/mol. The molecule has 0 saturated carbocycles. The van der Waals surface area contributed by atoms with Gasteiger partial charge in [0.2, 0.25) is 0 Å². The molecule has 0 aromatic rings. The number of ether oxygens (including phenoxy) is 1. The molecule has 0 fully saturated rings. The van der Waals surface area contributed by atoms with Gasteiger partial charge < -0.3 is 4.74 Å². The highest BCUT2D eigenvalue weighted by Gasteiger charge is 2.38. The molecule has 0 heterocycles. The highest BCUT2D eigenvalue weighted by Crippen LogP contribution is 2.46. The highest BCUT2D eigenvalue weighted by molar-refractivity contribution is 4.88. The first-order chi connectivity index (χ1) is 13.9. The maximum Gasteiger partial charge on any atom is 0.0679 e. The summed E-state index contributed by atoms with van der Waals surface area (Å²) in [6, 6.07) is 0. The molecular formula is C29H60O. The summed E-state index contributed by atoms with van der Waals surface area (Å²) >= 11 is 0. The van der Waals surface area contributed by atoms with Crippen molar-refractivity contribution in [3.63, 3.8) is 0 Å². The van der Waals surface area contributed by atoms with Crippen LogP contribution in [-0.4, -0.2) is 12.2 Å². The average Bonchev–Trinajstić information content (AvgIpc) is 2.70. The summed E-state index contributed by atoms with van der Waals surface area (Å²) in [6.45, 7) is 29.7. The molecule has 0 radical (unpaired) electrons. The second kappa shape index (κ2) is 14.2. The van der Waals surface area contributed by atoms with Crippen molar-refractivity contribution in [1.82, 2.24) is 0 Å². The third kappa shape index (κ3) is 8.84. The van der Waals surface area contributed by atoms with E-state index < -0.39 is 0 Å². The standard InChI is InChI=1S/C29H60O/c1-13-18-26(28(10,11)27(16-4)23(7)14-2)19-17-20-29(12,25(9)15-3)30-21-24(8)22(5)6/h22-27H,13-21H2,1-12H3. The zero-order chi connectivity index (χ0) is 23.5. The van der Waals surface area contributed by atoms with Crippen molar-refractivity contribution in [2.45, 2.75) is 140 Å². The Balaban J connectivity index is 5.23. The summed E-state index contributed by atoms with van der Waals surface area (Å²) in [7, 11) is 0. The van der Waals surface area contributed by atoms with Crippen LogP contribution in [0.3, 0.4) is 0 Å². The predicted octanol–water partition coefficient (Wildman–Crippen LogP) is 9.78. The van der Waals surface area contributed by atoms with E-state index in [0.717, 1.165) is 24.4 Å². The summed E-state index contributed by atoms with van der Waals surface area (Å²) in [6.07, 6.45) is 10.3. The van der Waals surface area contributed by atoms with E-state index in [2.05, 4.69) is 83.1 Å². The first kappa shape index (κ1) is 30.0. The molecule has 182 valence electrons. The fourth-order valence-corrected chi connectivity index (χ4v) is 5.59. The number of hydrogen-bond acceptors (Lipinski definition) is 1. The smallest absolute Gasteiger partial charge is 0.0679 e. The molecule has 1 nitrogen and oxygen atoms in total. The van der Waals surface area contributed by atoms with Gasteiger partial charge in [-0.3, -0.25) is 0 Å². The molecule has 6 unspecified atom stereocenters. The van der Waals surface area contributed by atoms with Crippen LogP contribution >= 0.6 is 0 Å². The molecule has 30 heavy (non-hydrogen) atoms. The van der Waals surface area contributed by atoms with Crippen LogP contribution in [0, 0.1) is 40.9 Å². The molecule has 0 rings (SSSR count). The molecule has 0 saturated heterocycles. The van der Waals surface area contributed by atoms with Gasteiger partial charge in [-0.2, -0.15) is 0 Å². The van der Waals surface area contributed by atoms with Gasteiger partial charge >= 0.3 is 0 Å². The Morgan fingerprint density at radius 3 is 1.77 bits per heavy atom. The molecule has 0 amide bonds. The van der Waals surface area contributed by atoms with E-state index in [1.165, 1.54) is 51.4 Å². The molecule has 0 N–H and O–H groups in total. The summed E-state index contributed by atoms with van der Waals surface area (Å²) in [4.78, 5) is 0. The zero-order valence-corrected chi connectivity index (χ0v) is 23.2. The molecule has 0 aliphatic rings. The van der Waals surface area contributed by atoms with Crippen LogP contribution in [0.2, 0.25) is 0 Å². The van der Waals surface area contributed by atoms with Crippen LogP contribution in [0.25, 0.3) is 0 Å². The van der Waals surface area contributed by atoms with E-state index in [4.69, 9.17) is 4.74 Å². The van der Waals surface area contributed by atoms with Crippen molar-refractivity contribution >= 4 is 0 Å². The Bertz CT molecular complexity index is 426. The molecule has 0 aromatic heterocycles. The van der Waals surface area contributed by atoms with Gasteiger partial charge in [0, 0.05) is 0 Å². The lowest BCUT2D eigenvalue weighted by Gasteiger charge is -2.45. The Morgan fingerprint density at radius 1 is 0.733 bits per heavy atom. The molecule has 0 aliphatic heterocycles. The normalized spacial score (nSPS) is 19.9. The summed E-state index contributed by atoms with van der Waals surface area (Å²) in [5.74, 6) is 4.38. The maximum atomic E-state index is 6.66. The Morgan fingerprint density at radius 2 is 1.33 bits per heavy atom. The van der Waals surface area contributed by atoms with E-state index in [1.54, 1.807) is 0 Å². The van der Waals surface area contributed by atoms with Crippen LogP contribution in [0.1, 0.15) is 134 Å². The quantitative estimate of drug-likeness (QED) is 0.226. The second-order valence-electron chi connectivity index (χ2n) is 11.8. The summed E-state index contributed by atoms with van der Waals surface area (Å²) < 4.78 is 6.66. The van der Waals surface area contributed by atoms with Gasteiger partial charge in [0.15, 0.2) is 0 Å². The van der Waals surface area contributed by atoms with Gasteiger partial charge in [-0.25, -0.2) is 0 Å². The van der Waals surface area contributed by atoms with Crippen molar-refractivity contribution in [2.24, 2.45) is 40.9 Å². The van der Waals surface area contributed by atoms with Crippen LogP contribution in [-0.2, 0) is 4.74 Å². The van der Waals surface area contributed by atoms with Crippen molar-refractivity contribution in [1.29, 1.82) is 0 Å². The molecule has 0 bridgehead atoms. The van der Waals surface area contributed by atoms with Crippen molar-refractivity contribution in [2.75, 3.05) is 6.61 Å². The lowest BCUT2D eigenvalue weighted by atomic mass is 9.61. The van der Waals surface area contributed by atoms with E-state index in [0.29, 0.717) is 23.2 Å². The molecule has 0 aromatic carbocycles. The third-order valence-electron chi connectivity index (χ3n) is 9.11. The SMILES string of the molecule is CCCC(CCCC(C)(OCC(C)C(C)C)C(C)CC)C(C)(C)C(CC)C(C)CC. The van der Waals surface area contributed by atoms with E-state index in [-0.39, 0.29) is 5.60 Å². The first-order valence-corrected chi connectivity index (χ1v) is 13.5. The topological polar surface area (TPSA) is 9.23 Å². The van der Waals surface area contributed by atoms with Crippen LogP contribution in [0.4, 0.5) is 0 Å². The lowest BCUT2D eigenvalue weighted by molar-refractivity contribution is -0.0936. The summed E-state index contributed by atoms with van der Waals surface area (Å²) in [5, 5.41) is 0. The largest absolute Gasteiger partial charge is 0.375 e. The fourth-order valence-electron chi connectivity index (χ4n) is 5.59. The first-order valence-electron chi connectivity index (χ1n) is 13.5. The number of hydrogen-bond donors (Lipinski definition) is 0. The maximum absolute atomic E-state index is 6.66. The lowest BCUT2D eigenvalue weighted by Crippen LogP contribution is -2.39. The average molecular weight is 425 g/mol. The van der Waals surface area contributed by atoms with Gasteiger partial charge in [-0.1, -0.05) is 115 Å². The van der Waals surface area contributed by atoms with E-state index in [1.807, 2.05) is 0 Å². The predicted molar refractivity (Wildman–Crippen MR) is 137 cm³/mol. The zero-order valence-electron chi connectivity index (χ0n) is 23.2. The molecule has 0 spiro atoms. The summed E-state index contributed by atoms with van der Waals surface area (Å²) in [5.41, 5.74) is 0.430. The van der Waals surface area contributed by atoms with E-state index in [9.17, 15) is 0 Å². The van der Waals surface area contributed by atoms with Gasteiger partial charge in [0.05, 0.1) is 12.2 Å². The Hall–Kier alpha value is -0.0400. The van der Waals surface area contributed by atoms with E-state index >= 15 is 0 Å². The Kier molecular flexibility index (Phi) is 14.2. The van der Waals surface area contributed by atoms with Crippen LogP contribution < -0.4 is 0 Å². The molecule has 0 aliphatic carbocycles. The minimum atomic E-state index is 0.0136. The van der Waals surface area contributed by atoms with Crippen molar-refractivity contribution in [3.05, 3.63) is 0 Å². The monoisotopic (exact) mass is 424 g/mol. The van der Waals surface area contributed by atoms with Crippen molar-refractivity contribution in [3.8, 4) is 0 Å². The van der Waals surface area contributed by atoms with Crippen LogP contribution in [0.5, 0.6) is 0 Å². The van der Waals surface area contributed by atoms with Gasteiger partial charge in [0.1, 0.15) is 0 Å². The van der Waals surface area contributed by atoms with Gasteiger partial charge in [-0.15, -0.1) is 0 Å². The van der Waals surface area contributed by atoms with Gasteiger partial charge in [-0.05, 0) is 60.7 Å². The molecule has 6 atom stereocenters. The second-order valence-corrected chi connectivity index (χ2v) is 11.8.